The normalized spacial score (nSPS) is 28.5. The van der Waals surface area contributed by atoms with Gasteiger partial charge in [-0.1, -0.05) is 12.2 Å². The van der Waals surface area contributed by atoms with E-state index in [0.29, 0.717) is 10.2 Å². The molecule has 2 aromatic heterocycles. The summed E-state index contributed by atoms with van der Waals surface area (Å²) in [5.74, 6) is 0. The largest absolute Gasteiger partial charge is 0.490 e. The summed E-state index contributed by atoms with van der Waals surface area (Å²) in [7, 11) is -16.6. The number of aliphatic hydroxyl groups is 2. The van der Waals surface area contributed by atoms with E-state index in [2.05, 4.69) is 18.1 Å². The molecule has 2 aromatic rings. The van der Waals surface area contributed by atoms with Crippen LogP contribution in [0.15, 0.2) is 17.8 Å². The van der Waals surface area contributed by atoms with Crippen LogP contribution in [0, 0.1) is 4.64 Å². The van der Waals surface area contributed by atoms with Crippen molar-refractivity contribution in [3.8, 4) is 0 Å². The zero-order chi connectivity index (χ0) is 23.2. The van der Waals surface area contributed by atoms with Gasteiger partial charge in [0.15, 0.2) is 6.23 Å². The summed E-state index contributed by atoms with van der Waals surface area (Å²) >= 11 is 6.58. The summed E-state index contributed by atoms with van der Waals surface area (Å²) in [6, 6.07) is 1.60. The first-order chi connectivity index (χ1) is 14.2. The SMILES string of the molecule is O=P(O)(O)OP(=O)(O)OP(=O)(O)OC[C@H]1O[C@@H](n2ccc3ncsc3c2=S)C(O)C1O. The number of pyridine rings is 1. The van der Waals surface area contributed by atoms with Gasteiger partial charge in [0.2, 0.25) is 0 Å². The van der Waals surface area contributed by atoms with Crippen LogP contribution in [-0.2, 0) is 31.6 Å². The van der Waals surface area contributed by atoms with Gasteiger partial charge in [-0.2, -0.15) is 8.62 Å². The van der Waals surface area contributed by atoms with Crippen LogP contribution in [0.5, 0.6) is 0 Å². The Bertz CT molecular complexity index is 1160. The third-order valence-electron chi connectivity index (χ3n) is 3.85. The highest BCUT2D eigenvalue weighted by molar-refractivity contribution is 7.71. The lowest BCUT2D eigenvalue weighted by molar-refractivity contribution is -0.0525. The number of thiazole rings is 1. The summed E-state index contributed by atoms with van der Waals surface area (Å²) in [6.07, 6.45) is -4.31. The smallest absolute Gasteiger partial charge is 0.387 e. The fourth-order valence-corrected chi connectivity index (χ4v) is 6.80. The van der Waals surface area contributed by atoms with Gasteiger partial charge in [-0.15, -0.1) is 11.3 Å². The van der Waals surface area contributed by atoms with Gasteiger partial charge < -0.3 is 39.1 Å². The number of nitrogens with zero attached hydrogens (tertiary/aromatic N) is 2. The highest BCUT2D eigenvalue weighted by atomic mass is 32.1. The molecule has 0 spiro atoms. The summed E-state index contributed by atoms with van der Waals surface area (Å²) in [4.78, 5) is 39.7. The van der Waals surface area contributed by atoms with Crippen molar-refractivity contribution in [1.29, 1.82) is 0 Å². The fraction of sp³-hybridized carbons (Fsp3) is 0.455. The zero-order valence-corrected chi connectivity index (χ0v) is 19.2. The first-order valence-corrected chi connectivity index (χ1v) is 13.7. The maximum Gasteiger partial charge on any atom is 0.490 e. The van der Waals surface area contributed by atoms with E-state index in [1.165, 1.54) is 22.1 Å². The predicted molar refractivity (Wildman–Crippen MR) is 104 cm³/mol. The number of hydrogen-bond donors (Lipinski definition) is 6. The monoisotopic (exact) mass is 540 g/mol. The van der Waals surface area contributed by atoms with Crippen molar-refractivity contribution in [3.05, 3.63) is 22.4 Å². The molecule has 1 aliphatic rings. The van der Waals surface area contributed by atoms with Crippen molar-refractivity contribution in [3.63, 3.8) is 0 Å². The Labute approximate surface area is 181 Å². The van der Waals surface area contributed by atoms with E-state index in [0.717, 1.165) is 0 Å². The van der Waals surface area contributed by atoms with Crippen molar-refractivity contribution < 1.29 is 61.4 Å². The fourth-order valence-electron chi connectivity index (χ4n) is 2.64. The van der Waals surface area contributed by atoms with Crippen LogP contribution in [0.3, 0.4) is 0 Å². The van der Waals surface area contributed by atoms with E-state index in [1.54, 1.807) is 11.6 Å². The number of aromatic nitrogens is 2. The van der Waals surface area contributed by atoms with Crippen molar-refractivity contribution in [2.24, 2.45) is 0 Å². The Morgan fingerprint density at radius 1 is 1.13 bits per heavy atom. The molecule has 1 aliphatic heterocycles. The van der Waals surface area contributed by atoms with Crippen LogP contribution in [0.1, 0.15) is 6.23 Å². The van der Waals surface area contributed by atoms with E-state index in [-0.39, 0.29) is 4.64 Å². The molecule has 0 radical (unpaired) electrons. The number of fused-ring (bicyclic) bond motifs is 1. The van der Waals surface area contributed by atoms with E-state index >= 15 is 0 Å². The first kappa shape index (κ1) is 25.2. The molecule has 0 aliphatic carbocycles. The second-order valence-corrected chi connectivity index (χ2v) is 11.7. The van der Waals surface area contributed by atoms with Crippen LogP contribution >= 0.6 is 47.0 Å². The van der Waals surface area contributed by atoms with E-state index in [1.807, 2.05) is 0 Å². The third kappa shape index (κ3) is 6.12. The minimum atomic E-state index is -5.68. The van der Waals surface area contributed by atoms with Crippen molar-refractivity contribution in [2.45, 2.75) is 24.5 Å². The Balaban J connectivity index is 1.69. The number of hydrogen-bond acceptors (Lipinski definition) is 12. The maximum absolute atomic E-state index is 11.8. The number of ether oxygens (including phenoxy) is 1. The minimum Gasteiger partial charge on any atom is -0.387 e. The molecule has 31 heavy (non-hydrogen) atoms. The van der Waals surface area contributed by atoms with Gasteiger partial charge in [0, 0.05) is 6.20 Å². The van der Waals surface area contributed by atoms with Crippen LogP contribution < -0.4 is 0 Å². The molecule has 1 fully saturated rings. The van der Waals surface area contributed by atoms with Gasteiger partial charge in [0.25, 0.3) is 0 Å². The second-order valence-electron chi connectivity index (χ2n) is 6.03. The molecule has 6 atom stereocenters. The molecule has 0 bridgehead atoms. The third-order valence-corrected chi connectivity index (χ3v) is 9.04. The number of phosphoric ester groups is 1. The van der Waals surface area contributed by atoms with Crippen LogP contribution in [0.2, 0.25) is 0 Å². The summed E-state index contributed by atoms with van der Waals surface area (Å²) in [5, 5.41) is 20.5. The molecular formula is C11H15N2O13P3S2. The molecule has 0 aromatic carbocycles. The first-order valence-electron chi connectivity index (χ1n) is 7.93. The van der Waals surface area contributed by atoms with Crippen molar-refractivity contribution >= 4 is 57.2 Å². The van der Waals surface area contributed by atoms with Crippen molar-refractivity contribution in [1.82, 2.24) is 9.55 Å². The number of phosphoric acid groups is 3. The number of rotatable bonds is 8. The molecule has 6 N–H and O–H groups in total. The molecule has 1 saturated heterocycles. The average Bonchev–Trinajstić information content (AvgIpc) is 3.17. The van der Waals surface area contributed by atoms with Crippen LogP contribution in [-0.4, -0.2) is 64.3 Å². The average molecular weight is 540 g/mol. The Hall–Kier alpha value is -0.450. The van der Waals surface area contributed by atoms with Gasteiger partial charge in [-0.3, -0.25) is 4.52 Å². The Morgan fingerprint density at radius 3 is 2.45 bits per heavy atom. The summed E-state index contributed by atoms with van der Waals surface area (Å²) in [6.45, 7) is -0.922. The standard InChI is InChI=1S/C11H15N2O13P3S2/c14-7-6(3-23-28(19,20)26-29(21,22)25-27(16,17)18)24-10(8(7)15)13-2-1-5-9(11(13)30)31-4-12-5/h1-2,4,6-8,10,14-15H,3H2,(H,19,20)(H,21,22)(H2,16,17,18)/t6-,7?,8?,10-/m1/s1. The molecule has 174 valence electrons. The molecule has 4 unspecified atom stereocenters. The second kappa shape index (κ2) is 9.06. The Morgan fingerprint density at radius 2 is 1.81 bits per heavy atom. The van der Waals surface area contributed by atoms with E-state index in [4.69, 9.17) is 31.6 Å². The molecule has 3 heterocycles. The van der Waals surface area contributed by atoms with Gasteiger partial charge in [0.1, 0.15) is 23.0 Å². The highest BCUT2D eigenvalue weighted by Crippen LogP contribution is 2.66. The Kier molecular flexibility index (Phi) is 7.36. The van der Waals surface area contributed by atoms with E-state index in [9.17, 15) is 28.8 Å². The lowest BCUT2D eigenvalue weighted by Gasteiger charge is -2.19. The molecule has 0 amide bonds. The van der Waals surface area contributed by atoms with Gasteiger partial charge >= 0.3 is 23.5 Å². The molecule has 20 heteroatoms. The molecular weight excluding hydrogens is 525 g/mol. The lowest BCUT2D eigenvalue weighted by atomic mass is 10.1. The van der Waals surface area contributed by atoms with Gasteiger partial charge in [-0.25, -0.2) is 18.7 Å². The summed E-state index contributed by atoms with van der Waals surface area (Å²) < 4.78 is 53.0. The number of aliphatic hydroxyl groups excluding tert-OH is 2. The van der Waals surface area contributed by atoms with Gasteiger partial charge in [-0.05, 0) is 6.07 Å². The summed E-state index contributed by atoms with van der Waals surface area (Å²) in [5.41, 5.74) is 2.18. The molecule has 15 nitrogen and oxygen atoms in total. The van der Waals surface area contributed by atoms with Crippen LogP contribution in [0.25, 0.3) is 10.2 Å². The molecule has 0 saturated carbocycles. The quantitative estimate of drug-likeness (QED) is 0.201. The molecule has 3 rings (SSSR count). The zero-order valence-electron chi connectivity index (χ0n) is 14.8. The van der Waals surface area contributed by atoms with E-state index < -0.39 is 54.6 Å². The topological polar surface area (TPSA) is 227 Å². The maximum atomic E-state index is 11.8. The van der Waals surface area contributed by atoms with Crippen molar-refractivity contribution in [2.75, 3.05) is 6.61 Å². The van der Waals surface area contributed by atoms with Crippen LogP contribution in [0.4, 0.5) is 0 Å². The highest BCUT2D eigenvalue weighted by Gasteiger charge is 2.46. The minimum absolute atomic E-state index is 0.254. The lowest BCUT2D eigenvalue weighted by Crippen LogP contribution is -2.33. The predicted octanol–water partition coefficient (Wildman–Crippen LogP) is 0.790. The van der Waals surface area contributed by atoms with Gasteiger partial charge in [0.05, 0.1) is 22.3 Å².